The number of aryl methyl sites for hydroxylation is 2. The van der Waals surface area contributed by atoms with E-state index in [-0.39, 0.29) is 0 Å². The number of hydrogen-bond donors (Lipinski definition) is 2. The van der Waals surface area contributed by atoms with Crippen LogP contribution in [0.4, 0.5) is 5.69 Å². The first kappa shape index (κ1) is 14.9. The number of aliphatic hydroxyl groups is 1. The number of nitrogens with zero attached hydrogens (tertiary/aromatic N) is 2. The molecule has 0 aliphatic rings. The van der Waals surface area contributed by atoms with Gasteiger partial charge < -0.3 is 20.5 Å². The molecule has 0 saturated carbocycles. The van der Waals surface area contributed by atoms with Crippen LogP contribution in [0.2, 0.25) is 0 Å². The molecule has 0 amide bonds. The largest absolute Gasteiger partial charge is 0.389 e. The normalized spacial score (nSPS) is 12.6. The molecule has 18 heavy (non-hydrogen) atoms. The molecular weight excluding hydrogens is 230 g/mol. The van der Waals surface area contributed by atoms with Gasteiger partial charge in [-0.15, -0.1) is 0 Å². The lowest BCUT2D eigenvalue weighted by molar-refractivity contribution is 0.0695. The van der Waals surface area contributed by atoms with E-state index in [1.165, 1.54) is 0 Å². The molecule has 0 radical (unpaired) electrons. The van der Waals surface area contributed by atoms with Crippen molar-refractivity contribution in [2.75, 3.05) is 32.2 Å². The summed E-state index contributed by atoms with van der Waals surface area (Å²) in [6.45, 7) is 5.18. The van der Waals surface area contributed by atoms with Crippen molar-refractivity contribution in [3.05, 3.63) is 23.0 Å². The topological polar surface area (TPSA) is 71.6 Å². The second-order valence-corrected chi connectivity index (χ2v) is 4.54. The highest BCUT2D eigenvalue weighted by Crippen LogP contribution is 2.22. The van der Waals surface area contributed by atoms with Crippen molar-refractivity contribution in [3.63, 3.8) is 0 Å². The van der Waals surface area contributed by atoms with Gasteiger partial charge in [0.1, 0.15) is 0 Å². The Kier molecular flexibility index (Phi) is 5.53. The standard InChI is InChI=1S/C13H23N3O2/c1-9-5-13(12(6-14)10(2)15-9)16(3)7-11(17)8-18-4/h5,11,17H,6-8,14H2,1-4H3. The van der Waals surface area contributed by atoms with Crippen LogP contribution in [0.1, 0.15) is 17.0 Å². The number of ether oxygens (including phenoxy) is 1. The van der Waals surface area contributed by atoms with Crippen LogP contribution in [0.5, 0.6) is 0 Å². The molecule has 0 saturated heterocycles. The summed E-state index contributed by atoms with van der Waals surface area (Å²) in [5, 5.41) is 9.77. The van der Waals surface area contributed by atoms with Crippen LogP contribution < -0.4 is 10.6 Å². The Bertz CT molecular complexity index is 396. The van der Waals surface area contributed by atoms with Crippen molar-refractivity contribution in [1.29, 1.82) is 0 Å². The minimum atomic E-state index is -0.514. The summed E-state index contributed by atoms with van der Waals surface area (Å²) in [5.74, 6) is 0. The van der Waals surface area contributed by atoms with Crippen LogP contribution >= 0.6 is 0 Å². The first-order chi connectivity index (χ1) is 8.49. The van der Waals surface area contributed by atoms with Crippen LogP contribution in [0, 0.1) is 13.8 Å². The summed E-state index contributed by atoms with van der Waals surface area (Å²) >= 11 is 0. The molecule has 0 aliphatic heterocycles. The number of hydrogen-bond acceptors (Lipinski definition) is 5. The third kappa shape index (κ3) is 3.66. The fraction of sp³-hybridized carbons (Fsp3) is 0.615. The molecule has 0 fully saturated rings. The predicted molar refractivity (Wildman–Crippen MR) is 72.8 cm³/mol. The van der Waals surface area contributed by atoms with Crippen molar-refractivity contribution in [1.82, 2.24) is 4.98 Å². The summed E-state index contributed by atoms with van der Waals surface area (Å²) < 4.78 is 4.93. The van der Waals surface area contributed by atoms with Crippen molar-refractivity contribution in [2.24, 2.45) is 5.73 Å². The first-order valence-electron chi connectivity index (χ1n) is 6.05. The highest BCUT2D eigenvalue weighted by molar-refractivity contribution is 5.55. The molecule has 1 aromatic rings. The fourth-order valence-corrected chi connectivity index (χ4v) is 2.09. The molecule has 1 heterocycles. The fourth-order valence-electron chi connectivity index (χ4n) is 2.09. The average molecular weight is 253 g/mol. The van der Waals surface area contributed by atoms with Gasteiger partial charge in [0.25, 0.3) is 0 Å². The van der Waals surface area contributed by atoms with E-state index in [9.17, 15) is 5.11 Å². The maximum Gasteiger partial charge on any atom is 0.0947 e. The van der Waals surface area contributed by atoms with Crippen molar-refractivity contribution in [2.45, 2.75) is 26.5 Å². The molecule has 0 spiro atoms. The lowest BCUT2D eigenvalue weighted by atomic mass is 10.1. The number of rotatable bonds is 6. The summed E-state index contributed by atoms with van der Waals surface area (Å²) in [4.78, 5) is 6.40. The Hall–Kier alpha value is -1.17. The summed E-state index contributed by atoms with van der Waals surface area (Å²) in [5.41, 5.74) is 9.72. The van der Waals surface area contributed by atoms with E-state index in [0.717, 1.165) is 22.6 Å². The Balaban J connectivity index is 2.93. The Labute approximate surface area is 109 Å². The third-order valence-electron chi connectivity index (χ3n) is 2.89. The number of likely N-dealkylation sites (N-methyl/N-ethyl adjacent to an activating group) is 1. The van der Waals surface area contributed by atoms with E-state index < -0.39 is 6.10 Å². The molecule has 1 rings (SSSR count). The van der Waals surface area contributed by atoms with E-state index in [1.807, 2.05) is 31.9 Å². The minimum absolute atomic E-state index is 0.325. The van der Waals surface area contributed by atoms with Crippen molar-refractivity contribution >= 4 is 5.69 Å². The molecular formula is C13H23N3O2. The SMILES string of the molecule is COCC(O)CN(C)c1cc(C)nc(C)c1CN. The zero-order valence-electron chi connectivity index (χ0n) is 11.6. The van der Waals surface area contributed by atoms with E-state index in [4.69, 9.17) is 10.5 Å². The lowest BCUT2D eigenvalue weighted by Gasteiger charge is -2.25. The minimum Gasteiger partial charge on any atom is -0.389 e. The number of nitrogens with two attached hydrogens (primary N) is 1. The van der Waals surface area contributed by atoms with Gasteiger partial charge in [-0.25, -0.2) is 0 Å². The molecule has 3 N–H and O–H groups in total. The van der Waals surface area contributed by atoms with Gasteiger partial charge in [0.05, 0.1) is 12.7 Å². The lowest BCUT2D eigenvalue weighted by Crippen LogP contribution is -2.33. The summed E-state index contributed by atoms with van der Waals surface area (Å²) in [7, 11) is 3.52. The van der Waals surface area contributed by atoms with Crippen molar-refractivity contribution < 1.29 is 9.84 Å². The van der Waals surface area contributed by atoms with Crippen LogP contribution in [0.15, 0.2) is 6.07 Å². The second kappa shape index (κ2) is 6.68. The van der Waals surface area contributed by atoms with Gasteiger partial charge in [0.2, 0.25) is 0 Å². The molecule has 0 aliphatic carbocycles. The van der Waals surface area contributed by atoms with E-state index in [1.54, 1.807) is 7.11 Å². The van der Waals surface area contributed by atoms with Gasteiger partial charge in [0, 0.05) is 49.9 Å². The van der Waals surface area contributed by atoms with E-state index in [0.29, 0.717) is 19.7 Å². The Morgan fingerprint density at radius 1 is 1.50 bits per heavy atom. The summed E-state index contributed by atoms with van der Waals surface area (Å²) in [6, 6.07) is 1.99. The molecule has 1 unspecified atom stereocenters. The quantitative estimate of drug-likeness (QED) is 0.777. The molecule has 1 aromatic heterocycles. The summed E-state index contributed by atoms with van der Waals surface area (Å²) in [6.07, 6.45) is -0.514. The molecule has 5 nitrogen and oxygen atoms in total. The van der Waals surface area contributed by atoms with Gasteiger partial charge in [-0.05, 0) is 19.9 Å². The van der Waals surface area contributed by atoms with Crippen LogP contribution in [0.3, 0.4) is 0 Å². The van der Waals surface area contributed by atoms with Crippen LogP contribution in [-0.2, 0) is 11.3 Å². The van der Waals surface area contributed by atoms with E-state index >= 15 is 0 Å². The molecule has 1 atom stereocenters. The molecule has 0 bridgehead atoms. The maximum atomic E-state index is 9.77. The first-order valence-corrected chi connectivity index (χ1v) is 6.05. The molecule has 5 heteroatoms. The van der Waals surface area contributed by atoms with Gasteiger partial charge in [-0.3, -0.25) is 4.98 Å². The monoisotopic (exact) mass is 253 g/mol. The van der Waals surface area contributed by atoms with Crippen molar-refractivity contribution in [3.8, 4) is 0 Å². The van der Waals surface area contributed by atoms with Gasteiger partial charge in [0.15, 0.2) is 0 Å². The highest BCUT2D eigenvalue weighted by Gasteiger charge is 2.14. The number of methoxy groups -OCH3 is 1. The maximum absolute atomic E-state index is 9.77. The molecule has 0 aromatic carbocycles. The van der Waals surface area contributed by atoms with Gasteiger partial charge in [-0.1, -0.05) is 0 Å². The second-order valence-electron chi connectivity index (χ2n) is 4.54. The van der Waals surface area contributed by atoms with Gasteiger partial charge in [-0.2, -0.15) is 0 Å². The average Bonchev–Trinajstić information content (AvgIpc) is 2.28. The smallest absolute Gasteiger partial charge is 0.0947 e. The number of aromatic nitrogens is 1. The van der Waals surface area contributed by atoms with Gasteiger partial charge >= 0.3 is 0 Å². The third-order valence-corrected chi connectivity index (χ3v) is 2.89. The highest BCUT2D eigenvalue weighted by atomic mass is 16.5. The predicted octanol–water partition coefficient (Wildman–Crippen LogP) is 0.601. The zero-order chi connectivity index (χ0) is 13.7. The Morgan fingerprint density at radius 2 is 2.17 bits per heavy atom. The van der Waals surface area contributed by atoms with E-state index in [2.05, 4.69) is 4.98 Å². The number of anilines is 1. The Morgan fingerprint density at radius 3 is 2.72 bits per heavy atom. The van der Waals surface area contributed by atoms with Crippen LogP contribution in [0.25, 0.3) is 0 Å². The number of aliphatic hydroxyl groups excluding tert-OH is 1. The molecule has 102 valence electrons. The number of pyridine rings is 1. The van der Waals surface area contributed by atoms with Crippen LogP contribution in [-0.4, -0.2) is 43.5 Å². The zero-order valence-corrected chi connectivity index (χ0v) is 11.6.